The highest BCUT2D eigenvalue weighted by Gasteiger charge is 2.55. The van der Waals surface area contributed by atoms with E-state index in [2.05, 4.69) is 231 Å². The van der Waals surface area contributed by atoms with Crippen molar-refractivity contribution in [1.29, 1.82) is 0 Å². The minimum atomic E-state index is -2.61. The van der Waals surface area contributed by atoms with E-state index in [0.717, 1.165) is 0 Å². The summed E-state index contributed by atoms with van der Waals surface area (Å²) >= 11 is 0. The van der Waals surface area contributed by atoms with Gasteiger partial charge in [-0.2, -0.15) is 0 Å². The van der Waals surface area contributed by atoms with Gasteiger partial charge in [-0.15, -0.1) is 0 Å². The van der Waals surface area contributed by atoms with E-state index in [0.29, 0.717) is 0 Å². The molecule has 0 unspecified atom stereocenters. The summed E-state index contributed by atoms with van der Waals surface area (Å²) in [6.07, 6.45) is 0. The standard InChI is InChI=1S/C58H41NSi/c1-57(2)44-23-7-9-25-46(44)58(47-26-10-8-24-45(47)57)48-27-11-14-30-51(48)59(52-31-15-12-28-49(52)58)50-29-13-3-19-39(50)38-35-36-43-42-22-6-18-34-55(42)60(56(43)37-38)53-32-16-4-20-40(53)41-21-5-17-33-54(41)60/h3-37H,1-2H3. The summed E-state index contributed by atoms with van der Waals surface area (Å²) in [5, 5.41) is 6.00. The van der Waals surface area contributed by atoms with E-state index < -0.39 is 13.5 Å². The molecule has 1 nitrogen and oxygen atoms in total. The predicted molar refractivity (Wildman–Crippen MR) is 252 cm³/mol. The second kappa shape index (κ2) is 12.0. The summed E-state index contributed by atoms with van der Waals surface area (Å²) < 4.78 is 0. The number of para-hydroxylation sites is 3. The van der Waals surface area contributed by atoms with Crippen LogP contribution in [-0.4, -0.2) is 8.07 Å². The van der Waals surface area contributed by atoms with Gasteiger partial charge in [0.1, 0.15) is 0 Å². The Morgan fingerprint density at radius 2 is 0.683 bits per heavy atom. The van der Waals surface area contributed by atoms with Crippen LogP contribution in [0.15, 0.2) is 212 Å². The van der Waals surface area contributed by atoms with Gasteiger partial charge in [-0.1, -0.05) is 208 Å². The van der Waals surface area contributed by atoms with Gasteiger partial charge in [-0.3, -0.25) is 0 Å². The molecule has 0 atom stereocenters. The molecule has 0 radical (unpaired) electrons. The number of rotatable bonds is 2. The van der Waals surface area contributed by atoms with Crippen LogP contribution < -0.4 is 25.6 Å². The number of hydrogen-bond donors (Lipinski definition) is 0. The van der Waals surface area contributed by atoms with Crippen molar-refractivity contribution in [3.8, 4) is 33.4 Å². The van der Waals surface area contributed by atoms with E-state index in [1.807, 2.05) is 0 Å². The molecule has 1 aliphatic carbocycles. The minimum Gasteiger partial charge on any atom is -0.309 e. The molecule has 0 N–H and O–H groups in total. The Bertz CT molecular complexity index is 3120. The van der Waals surface area contributed by atoms with Crippen molar-refractivity contribution in [2.75, 3.05) is 4.90 Å². The van der Waals surface area contributed by atoms with Crippen LogP contribution in [0.1, 0.15) is 47.2 Å². The zero-order valence-corrected chi connectivity index (χ0v) is 34.7. The molecule has 0 saturated carbocycles. The van der Waals surface area contributed by atoms with Gasteiger partial charge in [0.25, 0.3) is 0 Å². The first kappa shape index (κ1) is 33.9. The first-order chi connectivity index (χ1) is 29.6. The van der Waals surface area contributed by atoms with Crippen molar-refractivity contribution in [1.82, 2.24) is 0 Å². The molecule has 2 spiro atoms. The summed E-state index contributed by atoms with van der Waals surface area (Å²) in [5.41, 5.74) is 19.1. The van der Waals surface area contributed by atoms with Crippen LogP contribution in [0.25, 0.3) is 33.4 Å². The lowest BCUT2D eigenvalue weighted by Gasteiger charge is -2.52. The first-order valence-corrected chi connectivity index (χ1v) is 23.3. The summed E-state index contributed by atoms with van der Waals surface area (Å²) in [7, 11) is -2.61. The van der Waals surface area contributed by atoms with Crippen molar-refractivity contribution in [2.24, 2.45) is 0 Å². The quantitative estimate of drug-likeness (QED) is 0.158. The van der Waals surface area contributed by atoms with E-state index in [1.165, 1.54) is 105 Å². The Balaban J connectivity index is 1.07. The van der Waals surface area contributed by atoms with Gasteiger partial charge in [0, 0.05) is 11.0 Å². The zero-order chi connectivity index (χ0) is 39.8. The maximum Gasteiger partial charge on any atom is 0.182 e. The third-order valence-corrected chi connectivity index (χ3v) is 19.5. The minimum absolute atomic E-state index is 0.152. The Hall–Kier alpha value is -7.00. The SMILES string of the molecule is CC1(C)c2ccccc2C2(c3ccccc3N(c3ccccc3-c3ccc4c(c3)[Si]3(c5ccccc5-c5ccccc53)c3ccccc3-4)c3ccccc32)c2ccccc21. The fourth-order valence-corrected chi connectivity index (χ4v) is 17.9. The highest BCUT2D eigenvalue weighted by Crippen LogP contribution is 2.63. The third-order valence-electron chi connectivity index (χ3n) is 14.6. The lowest BCUT2D eigenvalue weighted by molar-refractivity contribution is 0.556. The fraction of sp³-hybridized carbons (Fsp3) is 0.0690. The molecule has 60 heavy (non-hydrogen) atoms. The Morgan fingerprint density at radius 1 is 0.317 bits per heavy atom. The van der Waals surface area contributed by atoms with Gasteiger partial charge in [0.2, 0.25) is 0 Å². The number of hydrogen-bond acceptors (Lipinski definition) is 1. The summed E-state index contributed by atoms with van der Waals surface area (Å²) in [4.78, 5) is 2.56. The summed E-state index contributed by atoms with van der Waals surface area (Å²) in [6, 6.07) is 81.0. The maximum atomic E-state index is 2.58. The molecule has 13 rings (SSSR count). The summed E-state index contributed by atoms with van der Waals surface area (Å²) in [6.45, 7) is 4.79. The second-order valence-corrected chi connectivity index (χ2v) is 21.2. The van der Waals surface area contributed by atoms with Crippen LogP contribution in [0.4, 0.5) is 17.1 Å². The molecule has 9 aromatic rings. The maximum absolute atomic E-state index is 2.61. The van der Waals surface area contributed by atoms with Crippen LogP contribution >= 0.6 is 0 Å². The molecule has 0 amide bonds. The molecule has 4 aliphatic rings. The Morgan fingerprint density at radius 3 is 1.18 bits per heavy atom. The molecule has 9 aromatic carbocycles. The predicted octanol–water partition coefficient (Wildman–Crippen LogP) is 11.5. The van der Waals surface area contributed by atoms with Crippen molar-refractivity contribution < 1.29 is 0 Å². The summed E-state index contributed by atoms with van der Waals surface area (Å²) in [5.74, 6) is 0. The van der Waals surface area contributed by atoms with Crippen LogP contribution in [0.5, 0.6) is 0 Å². The molecule has 0 saturated heterocycles. The topological polar surface area (TPSA) is 3.24 Å². The van der Waals surface area contributed by atoms with Crippen LogP contribution in [0.3, 0.4) is 0 Å². The van der Waals surface area contributed by atoms with E-state index in [1.54, 1.807) is 0 Å². The number of fused-ring (bicyclic) bond motifs is 18. The zero-order valence-electron chi connectivity index (χ0n) is 33.7. The van der Waals surface area contributed by atoms with Gasteiger partial charge in [0.15, 0.2) is 8.07 Å². The van der Waals surface area contributed by atoms with Crippen molar-refractivity contribution in [3.63, 3.8) is 0 Å². The van der Waals surface area contributed by atoms with Gasteiger partial charge in [-0.05, 0) is 100 Å². The van der Waals surface area contributed by atoms with E-state index in [-0.39, 0.29) is 5.41 Å². The molecular weight excluding hydrogens is 739 g/mol. The van der Waals surface area contributed by atoms with Crippen LogP contribution in [0, 0.1) is 0 Å². The van der Waals surface area contributed by atoms with E-state index >= 15 is 0 Å². The lowest BCUT2D eigenvalue weighted by Crippen LogP contribution is -2.70. The smallest absolute Gasteiger partial charge is 0.182 e. The molecule has 282 valence electrons. The van der Waals surface area contributed by atoms with Crippen molar-refractivity contribution >= 4 is 45.9 Å². The Kier molecular flexibility index (Phi) is 6.80. The monoisotopic (exact) mass is 779 g/mol. The average Bonchev–Trinajstić information content (AvgIpc) is 3.78. The normalized spacial score (nSPS) is 15.9. The second-order valence-electron chi connectivity index (χ2n) is 17.5. The average molecular weight is 780 g/mol. The van der Waals surface area contributed by atoms with Crippen molar-refractivity contribution in [3.05, 3.63) is 246 Å². The Labute approximate surface area is 352 Å². The highest BCUT2D eigenvalue weighted by atomic mass is 28.3. The number of benzene rings is 9. The molecule has 3 heterocycles. The van der Waals surface area contributed by atoms with Gasteiger partial charge >= 0.3 is 0 Å². The van der Waals surface area contributed by atoms with Gasteiger partial charge in [0.05, 0.1) is 22.5 Å². The van der Waals surface area contributed by atoms with E-state index in [4.69, 9.17) is 0 Å². The number of nitrogens with zero attached hydrogens (tertiary/aromatic N) is 1. The molecule has 0 fully saturated rings. The van der Waals surface area contributed by atoms with Gasteiger partial charge < -0.3 is 4.90 Å². The fourth-order valence-electron chi connectivity index (χ4n) is 12.3. The number of anilines is 3. The van der Waals surface area contributed by atoms with E-state index in [9.17, 15) is 0 Å². The van der Waals surface area contributed by atoms with Crippen LogP contribution in [0.2, 0.25) is 0 Å². The molecular formula is C58H41NSi. The lowest BCUT2D eigenvalue weighted by atomic mass is 9.53. The third kappa shape index (κ3) is 4.02. The van der Waals surface area contributed by atoms with Crippen molar-refractivity contribution in [2.45, 2.75) is 24.7 Å². The molecule has 0 bridgehead atoms. The first-order valence-electron chi connectivity index (χ1n) is 21.3. The molecule has 3 aliphatic heterocycles. The highest BCUT2D eigenvalue weighted by molar-refractivity contribution is 7.24. The van der Waals surface area contributed by atoms with Gasteiger partial charge in [-0.25, -0.2) is 0 Å². The molecule has 2 heteroatoms. The largest absolute Gasteiger partial charge is 0.309 e. The molecule has 0 aromatic heterocycles. The van der Waals surface area contributed by atoms with Crippen LogP contribution in [-0.2, 0) is 10.8 Å².